The van der Waals surface area contributed by atoms with Gasteiger partial charge in [0, 0.05) is 12.1 Å². The summed E-state index contributed by atoms with van der Waals surface area (Å²) < 4.78 is 4.97. The Labute approximate surface area is 107 Å². The smallest absolute Gasteiger partial charge is 0.237 e. The molecule has 5 heteroatoms. The molecule has 0 bridgehead atoms. The molecule has 2 rings (SSSR count). The lowest BCUT2D eigenvalue weighted by Gasteiger charge is -2.24. The zero-order valence-electron chi connectivity index (χ0n) is 10.8. The Balaban J connectivity index is 1.70. The van der Waals surface area contributed by atoms with Gasteiger partial charge in [0.25, 0.3) is 0 Å². The molecule has 1 heterocycles. The van der Waals surface area contributed by atoms with Crippen LogP contribution in [0.4, 0.5) is 0 Å². The van der Waals surface area contributed by atoms with Gasteiger partial charge in [-0.1, -0.05) is 24.4 Å². The van der Waals surface area contributed by atoms with Crippen LogP contribution >= 0.6 is 0 Å². The van der Waals surface area contributed by atoms with Crippen molar-refractivity contribution in [2.24, 2.45) is 0 Å². The number of carbonyl (C=O) groups excluding carboxylic acids is 1. The van der Waals surface area contributed by atoms with Crippen LogP contribution in [0.5, 0.6) is 0 Å². The van der Waals surface area contributed by atoms with Crippen LogP contribution in [-0.4, -0.2) is 23.1 Å². The average Bonchev–Trinajstić information content (AvgIpc) is 2.90. The average molecular weight is 251 g/mol. The van der Waals surface area contributed by atoms with Gasteiger partial charge >= 0.3 is 0 Å². The van der Waals surface area contributed by atoms with Gasteiger partial charge in [0.15, 0.2) is 0 Å². The van der Waals surface area contributed by atoms with Crippen molar-refractivity contribution in [3.05, 3.63) is 18.0 Å². The normalized spacial score (nSPS) is 18.5. The maximum absolute atomic E-state index is 12.0. The molecule has 5 nitrogen and oxygen atoms in total. The Hall–Kier alpha value is -1.36. The number of amides is 1. The molecule has 2 N–H and O–H groups in total. The van der Waals surface area contributed by atoms with E-state index in [0.29, 0.717) is 12.6 Å². The molecular formula is C13H21N3O2. The van der Waals surface area contributed by atoms with E-state index < -0.39 is 0 Å². The molecule has 0 aliphatic heterocycles. The second-order valence-corrected chi connectivity index (χ2v) is 4.92. The van der Waals surface area contributed by atoms with E-state index in [9.17, 15) is 4.79 Å². The van der Waals surface area contributed by atoms with Crippen molar-refractivity contribution in [3.63, 3.8) is 0 Å². The van der Waals surface area contributed by atoms with Crippen LogP contribution in [0.25, 0.3) is 0 Å². The molecule has 1 atom stereocenters. The second-order valence-electron chi connectivity index (χ2n) is 4.92. The highest BCUT2D eigenvalue weighted by atomic mass is 16.5. The highest BCUT2D eigenvalue weighted by Gasteiger charge is 2.19. The lowest BCUT2D eigenvalue weighted by Crippen LogP contribution is -2.46. The topological polar surface area (TPSA) is 67.2 Å². The summed E-state index contributed by atoms with van der Waals surface area (Å²) in [6.45, 7) is 2.40. The third-order valence-electron chi connectivity index (χ3n) is 3.42. The summed E-state index contributed by atoms with van der Waals surface area (Å²) in [4.78, 5) is 12.0. The van der Waals surface area contributed by atoms with Crippen LogP contribution in [0.3, 0.4) is 0 Å². The molecule has 1 unspecified atom stereocenters. The Morgan fingerprint density at radius 1 is 1.50 bits per heavy atom. The third kappa shape index (κ3) is 3.84. The van der Waals surface area contributed by atoms with Crippen molar-refractivity contribution in [2.75, 3.05) is 0 Å². The molecule has 100 valence electrons. The summed E-state index contributed by atoms with van der Waals surface area (Å²) in [5.74, 6) is 0.814. The Kier molecular flexibility index (Phi) is 4.75. The maximum atomic E-state index is 12.0. The third-order valence-corrected chi connectivity index (χ3v) is 3.42. The molecule has 0 spiro atoms. The van der Waals surface area contributed by atoms with Crippen LogP contribution in [0.2, 0.25) is 0 Å². The van der Waals surface area contributed by atoms with Crippen molar-refractivity contribution in [2.45, 2.75) is 57.7 Å². The van der Waals surface area contributed by atoms with Gasteiger partial charge in [-0.3, -0.25) is 10.1 Å². The fourth-order valence-corrected chi connectivity index (χ4v) is 2.25. The summed E-state index contributed by atoms with van der Waals surface area (Å²) in [6, 6.07) is 1.94. The SMILES string of the molecule is CC(NCc1ccno1)C(=O)NC1CCCCC1. The minimum atomic E-state index is -0.211. The quantitative estimate of drug-likeness (QED) is 0.834. The van der Waals surface area contributed by atoms with Crippen LogP contribution < -0.4 is 10.6 Å². The van der Waals surface area contributed by atoms with Gasteiger partial charge in [0.1, 0.15) is 5.76 Å². The number of rotatable bonds is 5. The summed E-state index contributed by atoms with van der Waals surface area (Å²) in [5.41, 5.74) is 0. The molecule has 0 saturated heterocycles. The number of nitrogens with zero attached hydrogens (tertiary/aromatic N) is 1. The summed E-state index contributed by atoms with van der Waals surface area (Å²) in [6.07, 6.45) is 7.58. The van der Waals surface area contributed by atoms with Crippen LogP contribution in [0, 0.1) is 0 Å². The molecule has 1 aliphatic carbocycles. The molecule has 1 amide bonds. The van der Waals surface area contributed by atoms with Crippen LogP contribution in [0.1, 0.15) is 44.8 Å². The van der Waals surface area contributed by atoms with E-state index in [1.165, 1.54) is 19.3 Å². The Morgan fingerprint density at radius 3 is 2.94 bits per heavy atom. The fraction of sp³-hybridized carbons (Fsp3) is 0.692. The number of carbonyl (C=O) groups is 1. The zero-order chi connectivity index (χ0) is 12.8. The molecule has 1 aliphatic rings. The first-order chi connectivity index (χ1) is 8.75. The van der Waals surface area contributed by atoms with Crippen molar-refractivity contribution < 1.29 is 9.32 Å². The zero-order valence-corrected chi connectivity index (χ0v) is 10.8. The summed E-state index contributed by atoms with van der Waals surface area (Å²) >= 11 is 0. The van der Waals surface area contributed by atoms with E-state index in [0.717, 1.165) is 18.6 Å². The van der Waals surface area contributed by atoms with E-state index in [4.69, 9.17) is 4.52 Å². The van der Waals surface area contributed by atoms with Gasteiger partial charge < -0.3 is 9.84 Å². The van der Waals surface area contributed by atoms with Gasteiger partial charge in [0.2, 0.25) is 5.91 Å². The predicted molar refractivity (Wildman–Crippen MR) is 67.8 cm³/mol. The molecule has 18 heavy (non-hydrogen) atoms. The number of nitrogens with one attached hydrogen (secondary N) is 2. The Morgan fingerprint density at radius 2 is 2.28 bits per heavy atom. The lowest BCUT2D eigenvalue weighted by molar-refractivity contribution is -0.123. The first-order valence-electron chi connectivity index (χ1n) is 6.69. The highest BCUT2D eigenvalue weighted by molar-refractivity contribution is 5.81. The molecule has 1 fully saturated rings. The van der Waals surface area contributed by atoms with Crippen molar-refractivity contribution in [1.29, 1.82) is 0 Å². The van der Waals surface area contributed by atoms with E-state index in [1.54, 1.807) is 12.3 Å². The van der Waals surface area contributed by atoms with E-state index in [2.05, 4.69) is 15.8 Å². The number of hydrogen-bond donors (Lipinski definition) is 2. The molecule has 0 aromatic carbocycles. The number of hydrogen-bond acceptors (Lipinski definition) is 4. The molecule has 1 saturated carbocycles. The molecule has 0 radical (unpaired) electrons. The molecular weight excluding hydrogens is 230 g/mol. The predicted octanol–water partition coefficient (Wildman–Crippen LogP) is 1.60. The largest absolute Gasteiger partial charge is 0.360 e. The minimum Gasteiger partial charge on any atom is -0.360 e. The van der Waals surface area contributed by atoms with Gasteiger partial charge in [-0.25, -0.2) is 0 Å². The van der Waals surface area contributed by atoms with Crippen molar-refractivity contribution in [1.82, 2.24) is 15.8 Å². The van der Waals surface area contributed by atoms with Gasteiger partial charge in [-0.15, -0.1) is 0 Å². The van der Waals surface area contributed by atoms with E-state index in [-0.39, 0.29) is 11.9 Å². The van der Waals surface area contributed by atoms with Crippen molar-refractivity contribution in [3.8, 4) is 0 Å². The fourth-order valence-electron chi connectivity index (χ4n) is 2.25. The molecule has 1 aromatic rings. The second kappa shape index (κ2) is 6.54. The Bertz CT molecular complexity index is 358. The summed E-state index contributed by atoms with van der Waals surface area (Å²) in [5, 5.41) is 9.85. The maximum Gasteiger partial charge on any atom is 0.237 e. The van der Waals surface area contributed by atoms with Crippen LogP contribution in [-0.2, 0) is 11.3 Å². The van der Waals surface area contributed by atoms with E-state index in [1.807, 2.05) is 6.92 Å². The summed E-state index contributed by atoms with van der Waals surface area (Å²) in [7, 11) is 0. The van der Waals surface area contributed by atoms with Gasteiger partial charge in [0.05, 0.1) is 18.8 Å². The van der Waals surface area contributed by atoms with Crippen molar-refractivity contribution >= 4 is 5.91 Å². The standard InChI is InChI=1S/C13H21N3O2/c1-10(14-9-12-7-8-15-18-12)13(17)16-11-5-3-2-4-6-11/h7-8,10-11,14H,2-6,9H2,1H3,(H,16,17). The van der Waals surface area contributed by atoms with Gasteiger partial charge in [-0.05, 0) is 19.8 Å². The lowest BCUT2D eigenvalue weighted by atomic mass is 9.95. The van der Waals surface area contributed by atoms with E-state index >= 15 is 0 Å². The first-order valence-corrected chi connectivity index (χ1v) is 6.69. The number of aromatic nitrogens is 1. The first kappa shape index (κ1) is 13.1. The minimum absolute atomic E-state index is 0.0708. The van der Waals surface area contributed by atoms with Gasteiger partial charge in [-0.2, -0.15) is 0 Å². The monoisotopic (exact) mass is 251 g/mol. The molecule has 1 aromatic heterocycles. The highest BCUT2D eigenvalue weighted by Crippen LogP contribution is 2.17. The van der Waals surface area contributed by atoms with Crippen LogP contribution in [0.15, 0.2) is 16.8 Å².